The summed E-state index contributed by atoms with van der Waals surface area (Å²) in [6, 6.07) is 16.1. The lowest BCUT2D eigenvalue weighted by Crippen LogP contribution is -2.20. The van der Waals surface area contributed by atoms with Crippen LogP contribution in [0.2, 0.25) is 0 Å². The van der Waals surface area contributed by atoms with E-state index in [1.165, 1.54) is 24.3 Å². The molecule has 0 radical (unpaired) electrons. The fourth-order valence-corrected chi connectivity index (χ4v) is 2.18. The predicted octanol–water partition coefficient (Wildman–Crippen LogP) is 2.09. The molecule has 0 saturated heterocycles. The van der Waals surface area contributed by atoms with Gasteiger partial charge in [-0.25, -0.2) is 8.42 Å². The minimum atomic E-state index is -5.00. The zero-order valence-electron chi connectivity index (χ0n) is 10.3. The van der Waals surface area contributed by atoms with Crippen molar-refractivity contribution < 1.29 is 21.9 Å². The third kappa shape index (κ3) is 3.74. The van der Waals surface area contributed by atoms with Crippen molar-refractivity contribution in [1.82, 2.24) is 0 Å². The molecule has 1 atom stereocenters. The lowest BCUT2D eigenvalue weighted by atomic mass is 10.0. The molecular weight excluding hydrogens is 280 g/mol. The van der Waals surface area contributed by atoms with Gasteiger partial charge in [0.25, 0.3) is 0 Å². The van der Waals surface area contributed by atoms with Crippen molar-refractivity contribution in [3.05, 3.63) is 71.8 Å². The van der Waals surface area contributed by atoms with Gasteiger partial charge in [0, 0.05) is 5.56 Å². The number of carbonyl (C=O) groups is 1. The zero-order chi connectivity index (χ0) is 14.6. The summed E-state index contributed by atoms with van der Waals surface area (Å²) in [5, 5.41) is 0. The summed E-state index contributed by atoms with van der Waals surface area (Å²) < 4.78 is 36.9. The number of Topliss-reactive ketones (excluding diaryl/α,β-unsaturated/α-hetero) is 1. The highest BCUT2D eigenvalue weighted by molar-refractivity contribution is 7.80. The Morgan fingerprint density at radius 3 is 1.95 bits per heavy atom. The summed E-state index contributed by atoms with van der Waals surface area (Å²) in [5.41, 5.74) is 0.575. The molecular formula is C14H11O5S-. The van der Waals surface area contributed by atoms with E-state index in [0.717, 1.165) is 0 Å². The summed E-state index contributed by atoms with van der Waals surface area (Å²) in [6.45, 7) is 0. The summed E-state index contributed by atoms with van der Waals surface area (Å²) in [5.74, 6) is -0.587. The fourth-order valence-electron chi connectivity index (χ4n) is 1.75. The smallest absolute Gasteiger partial charge is 0.218 e. The third-order valence-electron chi connectivity index (χ3n) is 2.61. The van der Waals surface area contributed by atoms with Gasteiger partial charge in [0.05, 0.1) is 0 Å². The normalized spacial score (nSPS) is 12.8. The highest BCUT2D eigenvalue weighted by Gasteiger charge is 2.25. The molecule has 2 rings (SSSR count). The standard InChI is InChI=1S/C14H12O5S/c15-13(11-7-3-1-4-8-11)14(19-20(16,17)18)12-9-5-2-6-10-12/h1-10,14H,(H,16,17,18)/p-1. The Labute approximate surface area is 116 Å². The van der Waals surface area contributed by atoms with Crippen LogP contribution in [0.4, 0.5) is 0 Å². The average Bonchev–Trinajstić information content (AvgIpc) is 2.45. The molecule has 0 N–H and O–H groups in total. The summed E-state index contributed by atoms with van der Waals surface area (Å²) in [6.07, 6.45) is -1.47. The van der Waals surface area contributed by atoms with Crippen molar-refractivity contribution in [1.29, 1.82) is 0 Å². The largest absolute Gasteiger partial charge is 0.725 e. The van der Waals surface area contributed by atoms with Crippen molar-refractivity contribution in [3.8, 4) is 0 Å². The van der Waals surface area contributed by atoms with E-state index in [9.17, 15) is 17.8 Å². The molecule has 0 aromatic heterocycles. The average molecular weight is 291 g/mol. The minimum absolute atomic E-state index is 0.269. The number of ketones is 1. The zero-order valence-corrected chi connectivity index (χ0v) is 11.1. The van der Waals surface area contributed by atoms with Crippen molar-refractivity contribution in [2.45, 2.75) is 6.10 Å². The van der Waals surface area contributed by atoms with Crippen molar-refractivity contribution in [3.63, 3.8) is 0 Å². The SMILES string of the molecule is O=C(c1ccccc1)C(OS(=O)(=O)[O-])c1ccccc1. The van der Waals surface area contributed by atoms with E-state index >= 15 is 0 Å². The van der Waals surface area contributed by atoms with E-state index in [2.05, 4.69) is 4.18 Å². The maximum absolute atomic E-state index is 12.3. The molecule has 104 valence electrons. The van der Waals surface area contributed by atoms with Gasteiger partial charge in [0.2, 0.25) is 10.4 Å². The van der Waals surface area contributed by atoms with Crippen LogP contribution in [0, 0.1) is 0 Å². The van der Waals surface area contributed by atoms with E-state index in [1.54, 1.807) is 36.4 Å². The van der Waals surface area contributed by atoms with Crippen LogP contribution >= 0.6 is 0 Å². The van der Waals surface area contributed by atoms with Gasteiger partial charge in [0.15, 0.2) is 11.9 Å². The predicted molar refractivity (Wildman–Crippen MR) is 70.7 cm³/mol. The molecule has 0 aliphatic heterocycles. The third-order valence-corrected chi connectivity index (χ3v) is 3.04. The Morgan fingerprint density at radius 1 is 0.950 bits per heavy atom. The van der Waals surface area contributed by atoms with E-state index in [0.29, 0.717) is 5.56 Å². The molecule has 6 heteroatoms. The van der Waals surface area contributed by atoms with Gasteiger partial charge in [-0.05, 0) is 5.56 Å². The molecule has 2 aromatic rings. The second-order valence-corrected chi connectivity index (χ2v) is 5.03. The minimum Gasteiger partial charge on any atom is -0.725 e. The second kappa shape index (κ2) is 5.96. The highest BCUT2D eigenvalue weighted by Crippen LogP contribution is 2.23. The Kier molecular flexibility index (Phi) is 4.29. The summed E-state index contributed by atoms with van der Waals surface area (Å²) in [4.78, 5) is 12.3. The van der Waals surface area contributed by atoms with Crippen LogP contribution in [0.3, 0.4) is 0 Å². The number of rotatable bonds is 5. The van der Waals surface area contributed by atoms with E-state index in [4.69, 9.17) is 0 Å². The van der Waals surface area contributed by atoms with Crippen LogP contribution in [-0.4, -0.2) is 18.8 Å². The van der Waals surface area contributed by atoms with Crippen molar-refractivity contribution >= 4 is 16.2 Å². The quantitative estimate of drug-likeness (QED) is 0.478. The van der Waals surface area contributed by atoms with Crippen LogP contribution in [0.25, 0.3) is 0 Å². The molecule has 0 amide bonds. The van der Waals surface area contributed by atoms with Gasteiger partial charge in [-0.3, -0.25) is 8.98 Å². The van der Waals surface area contributed by atoms with Gasteiger partial charge in [-0.15, -0.1) is 0 Å². The molecule has 0 saturated carbocycles. The lowest BCUT2D eigenvalue weighted by molar-refractivity contribution is 0.0774. The Morgan fingerprint density at radius 2 is 1.45 bits per heavy atom. The first kappa shape index (κ1) is 14.4. The molecule has 0 heterocycles. The molecule has 0 bridgehead atoms. The van der Waals surface area contributed by atoms with Gasteiger partial charge in [-0.1, -0.05) is 60.7 Å². The molecule has 5 nitrogen and oxygen atoms in total. The van der Waals surface area contributed by atoms with E-state index in [-0.39, 0.29) is 5.56 Å². The highest BCUT2D eigenvalue weighted by atomic mass is 32.3. The van der Waals surface area contributed by atoms with Crippen LogP contribution in [-0.2, 0) is 14.6 Å². The second-order valence-electron chi connectivity index (χ2n) is 4.03. The van der Waals surface area contributed by atoms with Crippen molar-refractivity contribution in [2.75, 3.05) is 0 Å². The molecule has 1 unspecified atom stereocenters. The van der Waals surface area contributed by atoms with Crippen LogP contribution in [0.15, 0.2) is 60.7 Å². The van der Waals surface area contributed by atoms with Crippen molar-refractivity contribution in [2.24, 2.45) is 0 Å². The van der Waals surface area contributed by atoms with E-state index < -0.39 is 22.3 Å². The topological polar surface area (TPSA) is 83.5 Å². The Hall–Kier alpha value is -2.02. The Balaban J connectivity index is 2.40. The number of hydrogen-bond acceptors (Lipinski definition) is 5. The first-order chi connectivity index (χ1) is 9.47. The summed E-state index contributed by atoms with van der Waals surface area (Å²) in [7, 11) is -5.00. The molecule has 2 aromatic carbocycles. The van der Waals surface area contributed by atoms with Gasteiger partial charge in [0.1, 0.15) is 0 Å². The number of carbonyl (C=O) groups excluding carboxylic acids is 1. The maximum atomic E-state index is 12.3. The molecule has 20 heavy (non-hydrogen) atoms. The molecule has 0 spiro atoms. The Bertz CT molecular complexity index is 680. The van der Waals surface area contributed by atoms with Crippen LogP contribution < -0.4 is 0 Å². The number of hydrogen-bond donors (Lipinski definition) is 0. The maximum Gasteiger partial charge on any atom is 0.218 e. The first-order valence-electron chi connectivity index (χ1n) is 5.76. The number of benzene rings is 2. The first-order valence-corrected chi connectivity index (χ1v) is 7.09. The molecule has 0 aliphatic carbocycles. The van der Waals surface area contributed by atoms with Gasteiger partial charge >= 0.3 is 0 Å². The lowest BCUT2D eigenvalue weighted by Gasteiger charge is -2.18. The fraction of sp³-hybridized carbons (Fsp3) is 0.0714. The monoisotopic (exact) mass is 291 g/mol. The summed E-state index contributed by atoms with van der Waals surface area (Å²) >= 11 is 0. The molecule has 0 fully saturated rings. The van der Waals surface area contributed by atoms with E-state index in [1.807, 2.05) is 0 Å². The van der Waals surface area contributed by atoms with Gasteiger partial charge in [-0.2, -0.15) is 0 Å². The van der Waals surface area contributed by atoms with Crippen LogP contribution in [0.1, 0.15) is 22.0 Å². The molecule has 0 aliphatic rings. The van der Waals surface area contributed by atoms with Crippen LogP contribution in [0.5, 0.6) is 0 Å². The van der Waals surface area contributed by atoms with Gasteiger partial charge < -0.3 is 4.55 Å².